The Morgan fingerprint density at radius 3 is 2.59 bits per heavy atom. The number of aliphatic hydroxyl groups is 1. The third-order valence-electron chi connectivity index (χ3n) is 2.77. The minimum absolute atomic E-state index is 0.0326. The van der Waals surface area contributed by atoms with Crippen LogP contribution in [0.15, 0.2) is 18.2 Å². The summed E-state index contributed by atoms with van der Waals surface area (Å²) in [5, 5.41) is 12.3. The second-order valence-corrected chi connectivity index (χ2v) is 6.22. The van der Waals surface area contributed by atoms with Crippen molar-refractivity contribution in [2.75, 3.05) is 5.88 Å². The van der Waals surface area contributed by atoms with Crippen LogP contribution in [0.5, 0.6) is 0 Å². The molecule has 2 unspecified atom stereocenters. The topological polar surface area (TPSA) is 58.6 Å². The zero-order valence-corrected chi connectivity index (χ0v) is 13.5. The highest BCUT2D eigenvalue weighted by atomic mass is 35.5. The highest BCUT2D eigenvalue weighted by Gasteiger charge is 2.25. The van der Waals surface area contributed by atoms with Crippen LogP contribution >= 0.6 is 11.6 Å². The van der Waals surface area contributed by atoms with Gasteiger partial charge in [0.25, 0.3) is 0 Å². The van der Waals surface area contributed by atoms with Crippen LogP contribution in [0.3, 0.4) is 0 Å². The maximum Gasteiger partial charge on any atom is 0.407 e. The number of hydrogen-bond donors (Lipinski definition) is 2. The molecule has 0 aliphatic carbocycles. The van der Waals surface area contributed by atoms with E-state index in [2.05, 4.69) is 5.32 Å². The second-order valence-electron chi connectivity index (χ2n) is 5.91. The first-order chi connectivity index (χ1) is 10.1. The number of carbonyl (C=O) groups is 1. The van der Waals surface area contributed by atoms with E-state index in [1.165, 1.54) is 0 Å². The lowest BCUT2D eigenvalue weighted by atomic mass is 10.0. The summed E-state index contributed by atoms with van der Waals surface area (Å²) in [6, 6.07) is 2.10. The van der Waals surface area contributed by atoms with Crippen LogP contribution < -0.4 is 5.32 Å². The summed E-state index contributed by atoms with van der Waals surface area (Å²) in [5.74, 6) is -1.40. The van der Waals surface area contributed by atoms with Gasteiger partial charge in [-0.05, 0) is 51.0 Å². The molecule has 0 spiro atoms. The van der Waals surface area contributed by atoms with Crippen LogP contribution in [0.4, 0.5) is 13.6 Å². The molecule has 1 amide bonds. The number of halogens is 3. The highest BCUT2D eigenvalue weighted by Crippen LogP contribution is 2.15. The quantitative estimate of drug-likeness (QED) is 0.813. The van der Waals surface area contributed by atoms with Gasteiger partial charge >= 0.3 is 6.09 Å². The van der Waals surface area contributed by atoms with Gasteiger partial charge in [0, 0.05) is 0 Å². The summed E-state index contributed by atoms with van der Waals surface area (Å²) >= 11 is 5.59. The van der Waals surface area contributed by atoms with Gasteiger partial charge in [-0.1, -0.05) is 0 Å². The predicted molar refractivity (Wildman–Crippen MR) is 79.9 cm³/mol. The monoisotopic (exact) mass is 335 g/mol. The van der Waals surface area contributed by atoms with E-state index in [9.17, 15) is 18.7 Å². The lowest BCUT2D eigenvalue weighted by Crippen LogP contribution is -2.47. The Morgan fingerprint density at radius 1 is 1.41 bits per heavy atom. The normalized spacial score (nSPS) is 14.3. The van der Waals surface area contributed by atoms with Gasteiger partial charge < -0.3 is 15.2 Å². The van der Waals surface area contributed by atoms with Crippen LogP contribution in [0.1, 0.15) is 26.3 Å². The summed E-state index contributed by atoms with van der Waals surface area (Å²) in [6.07, 6.45) is -2.01. The summed E-state index contributed by atoms with van der Waals surface area (Å²) in [7, 11) is 0. The zero-order valence-electron chi connectivity index (χ0n) is 12.7. The zero-order chi connectivity index (χ0) is 16.9. The van der Waals surface area contributed by atoms with Crippen LogP contribution in [0.2, 0.25) is 0 Å². The van der Waals surface area contributed by atoms with Crippen molar-refractivity contribution in [1.82, 2.24) is 5.32 Å². The van der Waals surface area contributed by atoms with Gasteiger partial charge in [-0.3, -0.25) is 0 Å². The maximum absolute atomic E-state index is 13.7. The Bertz CT molecular complexity index is 520. The van der Waals surface area contributed by atoms with Crippen molar-refractivity contribution in [2.24, 2.45) is 0 Å². The van der Waals surface area contributed by atoms with E-state index in [0.29, 0.717) is 0 Å². The molecular weight excluding hydrogens is 316 g/mol. The van der Waals surface area contributed by atoms with Gasteiger partial charge in [0.15, 0.2) is 0 Å². The lowest BCUT2D eigenvalue weighted by molar-refractivity contribution is 0.0439. The SMILES string of the molecule is CC(C)(C)OC(=O)NC(Cc1cc(F)ccc1F)C(O)CCl. The van der Waals surface area contributed by atoms with Crippen molar-refractivity contribution >= 4 is 17.7 Å². The number of benzene rings is 1. The number of alkyl halides is 1. The number of ether oxygens (including phenoxy) is 1. The van der Waals surface area contributed by atoms with E-state index in [1.54, 1.807) is 20.8 Å². The van der Waals surface area contributed by atoms with E-state index >= 15 is 0 Å². The smallest absolute Gasteiger partial charge is 0.407 e. The van der Waals surface area contributed by atoms with E-state index in [1.807, 2.05) is 0 Å². The number of hydrogen-bond acceptors (Lipinski definition) is 3. The van der Waals surface area contributed by atoms with Crippen LogP contribution in [0, 0.1) is 11.6 Å². The van der Waals surface area contributed by atoms with Gasteiger partial charge in [0.05, 0.1) is 18.0 Å². The molecule has 22 heavy (non-hydrogen) atoms. The molecule has 2 N–H and O–H groups in total. The third-order valence-corrected chi connectivity index (χ3v) is 3.09. The van der Waals surface area contributed by atoms with Gasteiger partial charge in [0.1, 0.15) is 17.2 Å². The second kappa shape index (κ2) is 7.74. The molecule has 0 aliphatic rings. The predicted octanol–water partition coefficient (Wildman–Crippen LogP) is 3.00. The average Bonchev–Trinajstić information content (AvgIpc) is 2.39. The van der Waals surface area contributed by atoms with E-state index in [0.717, 1.165) is 18.2 Å². The van der Waals surface area contributed by atoms with Crippen molar-refractivity contribution in [2.45, 2.75) is 44.9 Å². The van der Waals surface area contributed by atoms with Gasteiger partial charge in [0.2, 0.25) is 0 Å². The standard InChI is InChI=1S/C15H20ClF2NO3/c1-15(2,3)22-14(21)19-12(13(20)8-16)7-9-6-10(17)4-5-11(9)18/h4-6,12-13,20H,7-8H2,1-3H3,(H,19,21). The number of nitrogens with one attached hydrogen (secondary N) is 1. The van der Waals surface area contributed by atoms with Crippen molar-refractivity contribution in [3.63, 3.8) is 0 Å². The molecule has 1 rings (SSSR count). The number of amides is 1. The van der Waals surface area contributed by atoms with E-state index in [4.69, 9.17) is 16.3 Å². The maximum atomic E-state index is 13.7. The Kier molecular flexibility index (Phi) is 6.56. The first kappa shape index (κ1) is 18.6. The number of aliphatic hydroxyl groups excluding tert-OH is 1. The first-order valence-electron chi connectivity index (χ1n) is 6.80. The molecule has 0 saturated heterocycles. The summed E-state index contributed by atoms with van der Waals surface area (Å²) in [4.78, 5) is 11.8. The molecule has 124 valence electrons. The molecule has 0 heterocycles. The molecule has 4 nitrogen and oxygen atoms in total. The minimum atomic E-state index is -1.13. The third kappa shape index (κ3) is 6.15. The lowest BCUT2D eigenvalue weighted by Gasteiger charge is -2.26. The largest absolute Gasteiger partial charge is 0.444 e. The molecule has 7 heteroatoms. The minimum Gasteiger partial charge on any atom is -0.444 e. The molecule has 1 aromatic carbocycles. The average molecular weight is 336 g/mol. The van der Waals surface area contributed by atoms with Crippen LogP contribution in [-0.2, 0) is 11.2 Å². The molecule has 0 fully saturated rings. The van der Waals surface area contributed by atoms with Crippen LogP contribution in [-0.4, -0.2) is 34.8 Å². The fourth-order valence-corrected chi connectivity index (χ4v) is 2.00. The summed E-state index contributed by atoms with van der Waals surface area (Å²) in [5.41, 5.74) is -0.685. The van der Waals surface area contributed by atoms with E-state index < -0.39 is 35.5 Å². The van der Waals surface area contributed by atoms with E-state index in [-0.39, 0.29) is 17.9 Å². The van der Waals surface area contributed by atoms with Gasteiger partial charge in [-0.2, -0.15) is 0 Å². The molecule has 2 atom stereocenters. The van der Waals surface area contributed by atoms with Crippen molar-refractivity contribution in [1.29, 1.82) is 0 Å². The number of carbonyl (C=O) groups excluding carboxylic acids is 1. The van der Waals surface area contributed by atoms with Crippen molar-refractivity contribution in [3.05, 3.63) is 35.4 Å². The van der Waals surface area contributed by atoms with Crippen molar-refractivity contribution < 1.29 is 23.4 Å². The fraction of sp³-hybridized carbons (Fsp3) is 0.533. The highest BCUT2D eigenvalue weighted by molar-refractivity contribution is 6.18. The summed E-state index contributed by atoms with van der Waals surface area (Å²) < 4.78 is 32.0. The van der Waals surface area contributed by atoms with Crippen LogP contribution in [0.25, 0.3) is 0 Å². The number of alkyl carbamates (subject to hydrolysis) is 1. The molecule has 0 aromatic heterocycles. The molecule has 1 aromatic rings. The Morgan fingerprint density at radius 2 is 2.05 bits per heavy atom. The Hall–Kier alpha value is -1.40. The fourth-order valence-electron chi connectivity index (χ4n) is 1.79. The molecule has 0 bridgehead atoms. The molecule has 0 aliphatic heterocycles. The number of rotatable bonds is 5. The molecule has 0 radical (unpaired) electrons. The molecular formula is C15H20ClF2NO3. The van der Waals surface area contributed by atoms with Crippen molar-refractivity contribution in [3.8, 4) is 0 Å². The Labute approximate surface area is 133 Å². The summed E-state index contributed by atoms with van der Waals surface area (Å²) in [6.45, 7) is 5.06. The van der Waals surface area contributed by atoms with Gasteiger partial charge in [-0.15, -0.1) is 11.6 Å². The Balaban J connectivity index is 2.85. The first-order valence-corrected chi connectivity index (χ1v) is 7.33. The van der Waals surface area contributed by atoms with Gasteiger partial charge in [-0.25, -0.2) is 13.6 Å². The molecule has 0 saturated carbocycles.